The Morgan fingerprint density at radius 3 is 2.83 bits per heavy atom. The fraction of sp³-hybridized carbons (Fsp3) is 0.357. The van der Waals surface area contributed by atoms with E-state index in [2.05, 4.69) is 21.8 Å². The number of hydrogen-bond acceptors (Lipinski definition) is 3. The Morgan fingerprint density at radius 2 is 2.17 bits per heavy atom. The predicted molar refractivity (Wildman–Crippen MR) is 72.7 cm³/mol. The average molecular weight is 245 g/mol. The molecule has 0 aliphatic rings. The Balaban J connectivity index is 2.46. The molecule has 18 heavy (non-hydrogen) atoms. The van der Waals surface area contributed by atoms with Crippen LogP contribution in [0.3, 0.4) is 0 Å². The van der Waals surface area contributed by atoms with Crippen LogP contribution in [-0.2, 0) is 13.6 Å². The molecule has 0 radical (unpaired) electrons. The molecule has 0 fully saturated rings. The van der Waals surface area contributed by atoms with Crippen LogP contribution in [0, 0.1) is 6.92 Å². The second-order valence-electron chi connectivity index (χ2n) is 4.29. The van der Waals surface area contributed by atoms with E-state index in [-0.39, 0.29) is 0 Å². The first-order valence-corrected chi connectivity index (χ1v) is 5.98. The maximum absolute atomic E-state index is 5.25. The van der Waals surface area contributed by atoms with E-state index in [1.807, 2.05) is 38.4 Å². The number of ether oxygens (including phenoxy) is 1. The molecular formula is C14H19N3O. The van der Waals surface area contributed by atoms with Gasteiger partial charge in [0.25, 0.3) is 0 Å². The number of methoxy groups -OCH3 is 1. The molecule has 0 aliphatic carbocycles. The lowest BCUT2D eigenvalue weighted by Crippen LogP contribution is -2.07. The average Bonchev–Trinajstić information content (AvgIpc) is 2.68. The molecule has 0 bridgehead atoms. The number of hydrogen-bond donors (Lipinski definition) is 1. The molecule has 0 atom stereocenters. The van der Waals surface area contributed by atoms with Gasteiger partial charge in [-0.05, 0) is 26.1 Å². The Hall–Kier alpha value is -1.81. The van der Waals surface area contributed by atoms with Gasteiger partial charge >= 0.3 is 0 Å². The highest BCUT2D eigenvalue weighted by Gasteiger charge is 2.12. The molecule has 0 spiro atoms. The second kappa shape index (κ2) is 5.23. The van der Waals surface area contributed by atoms with Crippen molar-refractivity contribution in [1.29, 1.82) is 0 Å². The summed E-state index contributed by atoms with van der Waals surface area (Å²) in [6.07, 6.45) is 0. The molecule has 4 nitrogen and oxygen atoms in total. The van der Waals surface area contributed by atoms with Crippen LogP contribution in [-0.4, -0.2) is 23.7 Å². The molecule has 0 amide bonds. The Kier molecular flexibility index (Phi) is 3.67. The lowest BCUT2D eigenvalue weighted by molar-refractivity contribution is 0.415. The lowest BCUT2D eigenvalue weighted by Gasteiger charge is -2.05. The quantitative estimate of drug-likeness (QED) is 0.896. The highest BCUT2D eigenvalue weighted by Crippen LogP contribution is 2.24. The third-order valence-corrected chi connectivity index (χ3v) is 3.15. The lowest BCUT2D eigenvalue weighted by atomic mass is 10.2. The van der Waals surface area contributed by atoms with Gasteiger partial charge in [0.05, 0.1) is 12.8 Å². The van der Waals surface area contributed by atoms with Gasteiger partial charge in [-0.2, -0.15) is 0 Å². The summed E-state index contributed by atoms with van der Waals surface area (Å²) < 4.78 is 7.36. The van der Waals surface area contributed by atoms with Crippen LogP contribution >= 0.6 is 0 Å². The highest BCUT2D eigenvalue weighted by atomic mass is 16.5. The number of imidazole rings is 1. The van der Waals surface area contributed by atoms with Crippen LogP contribution in [0.5, 0.6) is 5.75 Å². The summed E-state index contributed by atoms with van der Waals surface area (Å²) in [4.78, 5) is 4.69. The molecule has 1 aromatic heterocycles. The van der Waals surface area contributed by atoms with Gasteiger partial charge in [0.15, 0.2) is 0 Å². The number of nitrogens with one attached hydrogen (secondary N) is 1. The third kappa shape index (κ3) is 2.24. The molecule has 4 heteroatoms. The van der Waals surface area contributed by atoms with Crippen LogP contribution in [0.25, 0.3) is 11.4 Å². The maximum atomic E-state index is 5.25. The molecule has 1 N–H and O–H groups in total. The first-order chi connectivity index (χ1) is 8.67. The summed E-state index contributed by atoms with van der Waals surface area (Å²) >= 11 is 0. The van der Waals surface area contributed by atoms with Crippen LogP contribution in [0.15, 0.2) is 24.3 Å². The van der Waals surface area contributed by atoms with Crippen molar-refractivity contribution in [1.82, 2.24) is 14.9 Å². The normalized spacial score (nSPS) is 10.7. The molecule has 1 heterocycles. The van der Waals surface area contributed by atoms with E-state index in [9.17, 15) is 0 Å². The first kappa shape index (κ1) is 12.6. The first-order valence-electron chi connectivity index (χ1n) is 5.98. The Morgan fingerprint density at radius 1 is 1.39 bits per heavy atom. The van der Waals surface area contributed by atoms with Gasteiger partial charge in [-0.1, -0.05) is 12.1 Å². The topological polar surface area (TPSA) is 39.1 Å². The Bertz CT molecular complexity index is 546. The van der Waals surface area contributed by atoms with E-state index in [1.54, 1.807) is 7.11 Å². The van der Waals surface area contributed by atoms with Gasteiger partial charge in [-0.15, -0.1) is 0 Å². The van der Waals surface area contributed by atoms with E-state index >= 15 is 0 Å². The van der Waals surface area contributed by atoms with Crippen molar-refractivity contribution in [2.24, 2.45) is 7.05 Å². The molecule has 96 valence electrons. The molecular weight excluding hydrogens is 226 g/mol. The third-order valence-electron chi connectivity index (χ3n) is 3.15. The van der Waals surface area contributed by atoms with E-state index in [4.69, 9.17) is 4.74 Å². The molecule has 1 aromatic carbocycles. The molecule has 2 rings (SSSR count). The zero-order chi connectivity index (χ0) is 13.1. The van der Waals surface area contributed by atoms with E-state index in [0.29, 0.717) is 0 Å². The van der Waals surface area contributed by atoms with E-state index in [1.165, 1.54) is 5.69 Å². The van der Waals surface area contributed by atoms with E-state index < -0.39 is 0 Å². The summed E-state index contributed by atoms with van der Waals surface area (Å²) in [6.45, 7) is 2.87. The number of benzene rings is 1. The smallest absolute Gasteiger partial charge is 0.140 e. The molecule has 0 unspecified atom stereocenters. The SMILES string of the molecule is CNCc1nc(-c2cccc(OC)c2)n(C)c1C. The molecule has 2 aromatic rings. The minimum absolute atomic E-state index is 0.781. The van der Waals surface area contributed by atoms with Crippen molar-refractivity contribution < 1.29 is 4.74 Å². The number of aromatic nitrogens is 2. The fourth-order valence-electron chi connectivity index (χ4n) is 1.99. The van der Waals surface area contributed by atoms with Crippen molar-refractivity contribution >= 4 is 0 Å². The zero-order valence-corrected chi connectivity index (χ0v) is 11.3. The standard InChI is InChI=1S/C14H19N3O/c1-10-13(9-15-2)16-14(17(10)3)11-6-5-7-12(8-11)18-4/h5-8,15H,9H2,1-4H3. The number of rotatable bonds is 4. The predicted octanol–water partition coefficient (Wildman–Crippen LogP) is 2.12. The summed E-state index contributed by atoms with van der Waals surface area (Å²) in [6, 6.07) is 7.97. The molecule has 0 aliphatic heterocycles. The van der Waals surface area contributed by atoms with Crippen LogP contribution in [0.4, 0.5) is 0 Å². The van der Waals surface area contributed by atoms with Gasteiger partial charge in [-0.3, -0.25) is 0 Å². The zero-order valence-electron chi connectivity index (χ0n) is 11.3. The summed E-state index contributed by atoms with van der Waals surface area (Å²) in [5.74, 6) is 1.82. The molecule has 0 saturated carbocycles. The van der Waals surface area contributed by atoms with Crippen LogP contribution < -0.4 is 10.1 Å². The van der Waals surface area contributed by atoms with Crippen molar-refractivity contribution in [2.45, 2.75) is 13.5 Å². The van der Waals surface area contributed by atoms with Gasteiger partial charge in [0.1, 0.15) is 11.6 Å². The second-order valence-corrected chi connectivity index (χ2v) is 4.29. The Labute approximate surface area is 108 Å². The summed E-state index contributed by atoms with van der Waals surface area (Å²) in [5.41, 5.74) is 3.34. The fourth-order valence-corrected chi connectivity index (χ4v) is 1.99. The maximum Gasteiger partial charge on any atom is 0.140 e. The highest BCUT2D eigenvalue weighted by molar-refractivity contribution is 5.59. The van der Waals surface area contributed by atoms with Crippen molar-refractivity contribution in [2.75, 3.05) is 14.2 Å². The van der Waals surface area contributed by atoms with E-state index in [0.717, 1.165) is 29.4 Å². The van der Waals surface area contributed by atoms with Crippen LogP contribution in [0.2, 0.25) is 0 Å². The van der Waals surface area contributed by atoms with Crippen molar-refractivity contribution in [3.63, 3.8) is 0 Å². The number of nitrogens with zero attached hydrogens (tertiary/aromatic N) is 2. The minimum atomic E-state index is 0.781. The summed E-state index contributed by atoms with van der Waals surface area (Å²) in [7, 11) is 5.64. The van der Waals surface area contributed by atoms with Gasteiger partial charge in [0.2, 0.25) is 0 Å². The molecule has 0 saturated heterocycles. The van der Waals surface area contributed by atoms with Crippen molar-refractivity contribution in [3.8, 4) is 17.1 Å². The van der Waals surface area contributed by atoms with Gasteiger partial charge < -0.3 is 14.6 Å². The summed E-state index contributed by atoms with van der Waals surface area (Å²) in [5, 5.41) is 3.14. The van der Waals surface area contributed by atoms with Gasteiger partial charge in [-0.25, -0.2) is 4.98 Å². The van der Waals surface area contributed by atoms with Crippen LogP contribution in [0.1, 0.15) is 11.4 Å². The monoisotopic (exact) mass is 245 g/mol. The largest absolute Gasteiger partial charge is 0.497 e. The van der Waals surface area contributed by atoms with Crippen molar-refractivity contribution in [3.05, 3.63) is 35.7 Å². The minimum Gasteiger partial charge on any atom is -0.497 e. The van der Waals surface area contributed by atoms with Gasteiger partial charge in [0, 0.05) is 24.8 Å².